The van der Waals surface area contributed by atoms with Gasteiger partial charge < -0.3 is 29.9 Å². The zero-order chi connectivity index (χ0) is 53.1. The minimum absolute atomic E-state index is 0.110. The van der Waals surface area contributed by atoms with Gasteiger partial charge in [-0.05, 0) is 86.3 Å². The number of thioether (sulfide) groups is 1. The zero-order valence-corrected chi connectivity index (χ0v) is 46.5. The Balaban J connectivity index is 1.25. The Hall–Kier alpha value is -6.33. The number of nitrogens with zero attached hydrogens (tertiary/aromatic N) is 9. The Morgan fingerprint density at radius 1 is 0.689 bits per heavy atom. The highest BCUT2D eigenvalue weighted by Crippen LogP contribution is 2.49. The van der Waals surface area contributed by atoms with Gasteiger partial charge in [-0.3, -0.25) is 14.1 Å². The van der Waals surface area contributed by atoms with Crippen LogP contribution in [0.4, 0.5) is 56.0 Å². The fourth-order valence-electron chi connectivity index (χ4n) is 9.26. The lowest BCUT2D eigenvalue weighted by Gasteiger charge is -2.28. The summed E-state index contributed by atoms with van der Waals surface area (Å²) in [6, 6.07) is 19.1. The number of thiophene rings is 2. The van der Waals surface area contributed by atoms with Gasteiger partial charge in [-0.1, -0.05) is 69.8 Å². The molecule has 6 aromatic rings. The molecule has 3 heterocycles. The number of carbonyl (C=O) groups is 2. The van der Waals surface area contributed by atoms with Crippen LogP contribution in [0.25, 0.3) is 0 Å². The van der Waals surface area contributed by atoms with Gasteiger partial charge in [-0.25, -0.2) is 0 Å². The molecular weight excluding hydrogens is 1020 g/mol. The lowest BCUT2D eigenvalue weighted by Crippen LogP contribution is -2.26. The Kier molecular flexibility index (Phi) is 16.2. The number of rotatable bonds is 20. The molecule has 0 amide bonds. The number of anilines is 6. The molecule has 0 spiro atoms. The molecule has 0 unspecified atom stereocenters. The Morgan fingerprint density at radius 3 is 1.74 bits per heavy atom. The number of aromatic nitrogens is 3. The van der Waals surface area contributed by atoms with Crippen LogP contribution in [-0.2, 0) is 28.7 Å². The summed E-state index contributed by atoms with van der Waals surface area (Å²) in [7, 11) is -1.67. The smallest absolute Gasteiger partial charge is 0.297 e. The maximum absolute atomic E-state index is 13.3. The van der Waals surface area contributed by atoms with E-state index in [1.54, 1.807) is 20.3 Å². The third kappa shape index (κ3) is 12.1. The molecule has 18 nitrogen and oxygen atoms in total. The molecule has 0 radical (unpaired) electrons. The minimum atomic E-state index is -4.82. The van der Waals surface area contributed by atoms with Crippen molar-refractivity contribution in [2.24, 2.45) is 31.3 Å². The highest BCUT2D eigenvalue weighted by Gasteiger charge is 2.39. The fourth-order valence-corrected chi connectivity index (χ4v) is 13.2. The quantitative estimate of drug-likeness (QED) is 0.0367. The molecule has 0 bridgehead atoms. The summed E-state index contributed by atoms with van der Waals surface area (Å²) in [5.41, 5.74) is 4.65. The topological polar surface area (TPSA) is 226 Å². The molecule has 3 N–H and O–H groups in total. The summed E-state index contributed by atoms with van der Waals surface area (Å²) < 4.78 is 48.4. The van der Waals surface area contributed by atoms with Crippen molar-refractivity contribution in [1.29, 1.82) is 0 Å². The monoisotopic (exact) mass is 1080 g/mol. The van der Waals surface area contributed by atoms with Crippen molar-refractivity contribution in [3.63, 3.8) is 0 Å². The average molecular weight is 1080 g/mol. The second kappa shape index (κ2) is 22.3. The fraction of sp³-hybridized carbons (Fsp3) is 0.404. The number of methoxy groups -OCH3 is 2. The maximum atomic E-state index is 13.3. The van der Waals surface area contributed by atoms with Gasteiger partial charge in [-0.2, -0.15) is 23.4 Å². The molecule has 22 heteroatoms. The van der Waals surface area contributed by atoms with Crippen molar-refractivity contribution < 1.29 is 32.0 Å². The Bertz CT molecular complexity index is 3260. The van der Waals surface area contributed by atoms with E-state index < -0.39 is 20.4 Å². The summed E-state index contributed by atoms with van der Waals surface area (Å²) >= 11 is 3.63. The second-order valence-electron chi connectivity index (χ2n) is 19.5. The molecule has 3 aromatic heterocycles. The first-order chi connectivity index (χ1) is 35.2. The molecule has 0 aliphatic heterocycles. The predicted octanol–water partition coefficient (Wildman–Crippen LogP) is 13.9. The first-order valence-corrected chi connectivity index (χ1v) is 28.4. The van der Waals surface area contributed by atoms with Gasteiger partial charge in [0.25, 0.3) is 10.1 Å². The highest BCUT2D eigenvalue weighted by atomic mass is 32.2. The van der Waals surface area contributed by atoms with Crippen molar-refractivity contribution in [1.82, 2.24) is 15.0 Å². The van der Waals surface area contributed by atoms with Gasteiger partial charge in [0.05, 0.1) is 46.7 Å². The van der Waals surface area contributed by atoms with Gasteiger partial charge >= 0.3 is 0 Å². The van der Waals surface area contributed by atoms with Crippen molar-refractivity contribution in [2.45, 2.75) is 96.9 Å². The van der Waals surface area contributed by atoms with Crippen LogP contribution < -0.4 is 29.9 Å². The van der Waals surface area contributed by atoms with E-state index in [9.17, 15) is 22.6 Å². The average Bonchev–Trinajstić information content (AvgIpc) is 3.94. The summed E-state index contributed by atoms with van der Waals surface area (Å²) in [4.78, 5) is 45.9. The van der Waals surface area contributed by atoms with Crippen LogP contribution >= 0.6 is 34.4 Å². The molecule has 2 aliphatic carbocycles. The number of hydrogen-bond acceptors (Lipinski definition) is 20. The van der Waals surface area contributed by atoms with E-state index in [4.69, 9.17) is 29.5 Å². The molecule has 2 aliphatic rings. The predicted molar refractivity (Wildman–Crippen MR) is 295 cm³/mol. The maximum Gasteiger partial charge on any atom is 0.297 e. The molecule has 390 valence electrons. The molecular formula is C52H61N11O7S4. The van der Waals surface area contributed by atoms with Crippen LogP contribution in [0, 0.1) is 10.8 Å². The summed E-state index contributed by atoms with van der Waals surface area (Å²) in [6.45, 7) is 18.8. The van der Waals surface area contributed by atoms with Crippen molar-refractivity contribution in [2.75, 3.05) is 60.8 Å². The van der Waals surface area contributed by atoms with E-state index >= 15 is 0 Å². The van der Waals surface area contributed by atoms with Gasteiger partial charge in [0.1, 0.15) is 32.8 Å². The molecule has 0 atom stereocenters. The number of ketones is 2. The number of fused-ring (bicyclic) bond motifs is 2. The number of carbonyl (C=O) groups excluding carboxylic acids is 2. The number of nitrogens with one attached hydrogen (secondary N) is 2. The number of ether oxygens (including phenoxy) is 2. The zero-order valence-electron chi connectivity index (χ0n) is 43.2. The first kappa shape index (κ1) is 53.9. The summed E-state index contributed by atoms with van der Waals surface area (Å²) in [6.07, 6.45) is 1.71. The van der Waals surface area contributed by atoms with Crippen LogP contribution in [-0.4, -0.2) is 79.9 Å². The van der Waals surface area contributed by atoms with Gasteiger partial charge in [0, 0.05) is 56.9 Å². The van der Waals surface area contributed by atoms with Crippen molar-refractivity contribution in [3.8, 4) is 11.5 Å². The van der Waals surface area contributed by atoms with E-state index in [1.165, 1.54) is 23.1 Å². The van der Waals surface area contributed by atoms with E-state index in [1.807, 2.05) is 82.3 Å². The Labute approximate surface area is 444 Å². The number of benzene rings is 3. The molecule has 8 rings (SSSR count). The normalized spacial score (nSPS) is 15.1. The number of hydrogen-bond donors (Lipinski definition) is 3. The van der Waals surface area contributed by atoms with E-state index in [2.05, 4.69) is 63.5 Å². The lowest BCUT2D eigenvalue weighted by atomic mass is 9.76. The van der Waals surface area contributed by atoms with Gasteiger partial charge in [0.15, 0.2) is 21.7 Å². The molecule has 3 aromatic carbocycles. The van der Waals surface area contributed by atoms with Crippen LogP contribution in [0.5, 0.6) is 11.5 Å². The number of azo groups is 2. The standard InChI is InChI=1S/C52H61N11O7S4/c1-11-62(12-2)37-21-33(35(23-41(37)69-9)58-60-43-20-31-25-51(5,6)27-39(64)44(31)72-43)53-48-55-49(57-50(56-48)71-29-30-18-16-15-17-19-30)54-34-22-38(63(13-3)14-4)42(70-10)24-36(34)59-61-47-46(74(66,67)68)32-26-52(7,8)28-40(65)45(32)73-47/h15-24H,11-14,25-29H2,1-10H3,(H,66,67,68)(H2,53,54,55,56,57). The lowest BCUT2D eigenvalue weighted by molar-refractivity contribution is 0.0907. The number of Topliss-reactive ketones (excluding diaryl/α,β-unsaturated/α-hetero) is 2. The second-order valence-corrected chi connectivity index (χ2v) is 23.8. The Morgan fingerprint density at radius 2 is 1.22 bits per heavy atom. The van der Waals surface area contributed by atoms with Crippen LogP contribution in [0.2, 0.25) is 0 Å². The third-order valence-corrected chi connectivity index (χ3v) is 17.0. The molecule has 0 fully saturated rings. The SMILES string of the molecule is CCN(CC)c1cc(Nc2nc(Nc3cc(N(CC)CC)c(OC)cc3N=Nc3sc4c(c3S(=O)(=O)O)CC(C)(C)CC4=O)nc(SCc3ccccc3)n2)c(N=Nc2cc3c(s2)C(=O)CC(C)(C)C3)cc1OC. The minimum Gasteiger partial charge on any atom is -0.494 e. The van der Waals surface area contributed by atoms with Crippen LogP contribution in [0.1, 0.15) is 104 Å². The van der Waals surface area contributed by atoms with Gasteiger partial charge in [-0.15, -0.1) is 43.1 Å². The van der Waals surface area contributed by atoms with E-state index in [0.717, 1.165) is 45.1 Å². The first-order valence-electron chi connectivity index (χ1n) is 24.3. The van der Waals surface area contributed by atoms with Crippen molar-refractivity contribution >= 4 is 112 Å². The van der Waals surface area contributed by atoms with E-state index in [-0.39, 0.29) is 62.8 Å². The molecule has 0 saturated heterocycles. The molecule has 74 heavy (non-hydrogen) atoms. The van der Waals surface area contributed by atoms with Crippen LogP contribution in [0.15, 0.2) is 91.2 Å². The largest absolute Gasteiger partial charge is 0.494 e. The van der Waals surface area contributed by atoms with Gasteiger partial charge in [0.2, 0.25) is 11.9 Å². The van der Waals surface area contributed by atoms with Crippen molar-refractivity contribution in [3.05, 3.63) is 87.1 Å². The highest BCUT2D eigenvalue weighted by molar-refractivity contribution is 7.98. The summed E-state index contributed by atoms with van der Waals surface area (Å²) in [5, 5.41) is 26.1. The van der Waals surface area contributed by atoms with Crippen LogP contribution in [0.3, 0.4) is 0 Å². The van der Waals surface area contributed by atoms with E-state index in [0.29, 0.717) is 77.1 Å². The summed E-state index contributed by atoms with van der Waals surface area (Å²) in [5.74, 6) is 1.76. The molecule has 0 saturated carbocycles. The third-order valence-electron chi connectivity index (χ3n) is 12.7.